The van der Waals surface area contributed by atoms with E-state index in [1.54, 1.807) is 18.2 Å². The average molecular weight is 512 g/mol. The predicted octanol–water partition coefficient (Wildman–Crippen LogP) is 5.29. The number of anilines is 2. The molecule has 0 aliphatic rings. The molecule has 9 heteroatoms. The van der Waals surface area contributed by atoms with Crippen LogP contribution >= 0.6 is 15.9 Å². The van der Waals surface area contributed by atoms with Crippen LogP contribution in [0.5, 0.6) is 5.75 Å². The number of benzene rings is 3. The molecule has 6 nitrogen and oxygen atoms in total. The van der Waals surface area contributed by atoms with Gasteiger partial charge in [-0.15, -0.1) is 0 Å². The third-order valence-electron chi connectivity index (χ3n) is 4.23. The molecule has 0 heterocycles. The topological polar surface area (TPSA) is 91.2 Å². The molecule has 3 aromatic carbocycles. The van der Waals surface area contributed by atoms with E-state index in [9.17, 15) is 23.6 Å². The smallest absolute Gasteiger partial charge is 0.266 e. The van der Waals surface area contributed by atoms with Crippen LogP contribution in [0, 0.1) is 23.0 Å². The lowest BCUT2D eigenvalue weighted by Crippen LogP contribution is -2.20. The molecule has 3 rings (SSSR count). The molecule has 0 aliphatic heterocycles. The molecule has 0 spiro atoms. The summed E-state index contributed by atoms with van der Waals surface area (Å²) < 4.78 is 32.3. The van der Waals surface area contributed by atoms with Crippen molar-refractivity contribution in [1.82, 2.24) is 0 Å². The molecule has 3 aromatic rings. The van der Waals surface area contributed by atoms with Crippen LogP contribution < -0.4 is 15.4 Å². The van der Waals surface area contributed by atoms with Gasteiger partial charge in [-0.1, -0.05) is 15.9 Å². The molecule has 33 heavy (non-hydrogen) atoms. The van der Waals surface area contributed by atoms with E-state index in [1.165, 1.54) is 54.6 Å². The SMILES string of the molecule is N#C/C(=C\c1cc(Br)ccc1OCC(=O)Nc1ccc(F)cc1)C(=O)Nc1ccc(F)cc1. The van der Waals surface area contributed by atoms with Crippen molar-refractivity contribution in [2.45, 2.75) is 0 Å². The van der Waals surface area contributed by atoms with Gasteiger partial charge >= 0.3 is 0 Å². The Morgan fingerprint density at radius 2 is 1.52 bits per heavy atom. The van der Waals surface area contributed by atoms with Crippen LogP contribution in [0.25, 0.3) is 6.08 Å². The molecule has 0 unspecified atom stereocenters. The minimum Gasteiger partial charge on any atom is -0.483 e. The Kier molecular flexibility index (Phi) is 7.89. The van der Waals surface area contributed by atoms with Crippen molar-refractivity contribution in [3.05, 3.63) is 94.0 Å². The molecule has 0 saturated heterocycles. The van der Waals surface area contributed by atoms with Gasteiger partial charge in [0.05, 0.1) is 0 Å². The molecule has 0 radical (unpaired) electrons. The zero-order valence-electron chi connectivity index (χ0n) is 16.9. The zero-order valence-corrected chi connectivity index (χ0v) is 18.5. The highest BCUT2D eigenvalue weighted by Gasteiger charge is 2.13. The summed E-state index contributed by atoms with van der Waals surface area (Å²) in [6.45, 7) is -0.358. The molecule has 2 N–H and O–H groups in total. The number of carbonyl (C=O) groups excluding carboxylic acids is 2. The van der Waals surface area contributed by atoms with Crippen molar-refractivity contribution >= 4 is 45.2 Å². The Balaban J connectivity index is 1.73. The second-order valence-corrected chi connectivity index (χ2v) is 7.57. The lowest BCUT2D eigenvalue weighted by Gasteiger charge is -2.11. The molecule has 166 valence electrons. The first kappa shape index (κ1) is 23.6. The number of carbonyl (C=O) groups is 2. The maximum absolute atomic E-state index is 13.0. The van der Waals surface area contributed by atoms with E-state index in [1.807, 2.05) is 6.07 Å². The standard InChI is InChI=1S/C24H16BrF2N3O3/c25-17-1-10-22(33-14-23(31)29-20-6-2-18(26)3-7-20)15(12-17)11-16(13-28)24(32)30-21-8-4-19(27)5-9-21/h1-12H,14H2,(H,29,31)(H,30,32)/b16-11+. The van der Waals surface area contributed by atoms with Gasteiger partial charge in [-0.25, -0.2) is 8.78 Å². The number of ether oxygens (including phenoxy) is 1. The first-order valence-corrected chi connectivity index (χ1v) is 10.3. The second kappa shape index (κ2) is 11.0. The summed E-state index contributed by atoms with van der Waals surface area (Å²) in [6.07, 6.45) is 1.32. The molecule has 0 saturated carbocycles. The van der Waals surface area contributed by atoms with Crippen molar-refractivity contribution in [2.24, 2.45) is 0 Å². The van der Waals surface area contributed by atoms with E-state index in [4.69, 9.17) is 4.74 Å². The van der Waals surface area contributed by atoms with Gasteiger partial charge in [0.15, 0.2) is 6.61 Å². The fraction of sp³-hybridized carbons (Fsp3) is 0.0417. The third-order valence-corrected chi connectivity index (χ3v) is 4.72. The minimum atomic E-state index is -0.691. The number of nitrogens with one attached hydrogen (secondary N) is 2. The van der Waals surface area contributed by atoms with E-state index < -0.39 is 23.4 Å². The van der Waals surface area contributed by atoms with Crippen molar-refractivity contribution < 1.29 is 23.1 Å². The van der Waals surface area contributed by atoms with Crippen LogP contribution in [0.2, 0.25) is 0 Å². The van der Waals surface area contributed by atoms with Gasteiger partial charge in [0.2, 0.25) is 0 Å². The molecule has 0 aromatic heterocycles. The van der Waals surface area contributed by atoms with Gasteiger partial charge in [-0.3, -0.25) is 9.59 Å². The van der Waals surface area contributed by atoms with Crippen molar-refractivity contribution in [3.8, 4) is 11.8 Å². The molecular weight excluding hydrogens is 496 g/mol. The predicted molar refractivity (Wildman–Crippen MR) is 123 cm³/mol. The zero-order chi connectivity index (χ0) is 23.8. The van der Waals surface area contributed by atoms with Crippen LogP contribution in [0.1, 0.15) is 5.56 Å². The first-order chi connectivity index (χ1) is 15.8. The van der Waals surface area contributed by atoms with Gasteiger partial charge < -0.3 is 15.4 Å². The average Bonchev–Trinajstić information content (AvgIpc) is 2.79. The molecule has 0 bridgehead atoms. The summed E-state index contributed by atoms with van der Waals surface area (Å²) >= 11 is 3.32. The Hall–Kier alpha value is -4.03. The summed E-state index contributed by atoms with van der Waals surface area (Å²) in [4.78, 5) is 24.6. The Bertz CT molecular complexity index is 1240. The second-order valence-electron chi connectivity index (χ2n) is 6.66. The van der Waals surface area contributed by atoms with Crippen molar-refractivity contribution in [1.29, 1.82) is 5.26 Å². The molecule has 0 aliphatic carbocycles. The fourth-order valence-electron chi connectivity index (χ4n) is 2.67. The molecule has 2 amide bonds. The van der Waals surface area contributed by atoms with Gasteiger partial charge in [-0.2, -0.15) is 5.26 Å². The van der Waals surface area contributed by atoms with Crippen LogP contribution in [0.15, 0.2) is 76.8 Å². The first-order valence-electron chi connectivity index (χ1n) is 9.50. The largest absolute Gasteiger partial charge is 0.483 e. The minimum absolute atomic E-state index is 0.224. The summed E-state index contributed by atoms with van der Waals surface area (Å²) in [6, 6.07) is 17.1. The van der Waals surface area contributed by atoms with Crippen molar-refractivity contribution in [3.63, 3.8) is 0 Å². The fourth-order valence-corrected chi connectivity index (χ4v) is 3.05. The summed E-state index contributed by atoms with van der Waals surface area (Å²) in [5.74, 6) is -1.79. The highest BCUT2D eigenvalue weighted by atomic mass is 79.9. The summed E-state index contributed by atoms with van der Waals surface area (Å²) in [7, 11) is 0. The molecule has 0 atom stereocenters. The summed E-state index contributed by atoms with van der Waals surface area (Å²) in [5.41, 5.74) is 0.888. The van der Waals surface area contributed by atoms with Gasteiger partial charge in [0.25, 0.3) is 11.8 Å². The number of nitrogens with zero attached hydrogens (tertiary/aromatic N) is 1. The quantitative estimate of drug-likeness (QED) is 0.333. The van der Waals surface area contributed by atoms with Crippen LogP contribution in [-0.4, -0.2) is 18.4 Å². The third kappa shape index (κ3) is 6.98. The van der Waals surface area contributed by atoms with Gasteiger partial charge in [-0.05, 0) is 72.8 Å². The van der Waals surface area contributed by atoms with Crippen LogP contribution in [-0.2, 0) is 9.59 Å². The number of halogens is 3. The van der Waals surface area contributed by atoms with E-state index in [0.717, 1.165) is 0 Å². The van der Waals surface area contributed by atoms with Crippen LogP contribution in [0.3, 0.4) is 0 Å². The van der Waals surface area contributed by atoms with E-state index in [-0.39, 0.29) is 17.9 Å². The highest BCUT2D eigenvalue weighted by molar-refractivity contribution is 9.10. The Morgan fingerprint density at radius 1 is 0.939 bits per heavy atom. The van der Waals surface area contributed by atoms with Gasteiger partial charge in [0, 0.05) is 21.4 Å². The van der Waals surface area contributed by atoms with Gasteiger partial charge in [0.1, 0.15) is 29.0 Å². The lowest BCUT2D eigenvalue weighted by atomic mass is 10.1. The molecular formula is C24H16BrF2N3O3. The monoisotopic (exact) mass is 511 g/mol. The number of nitriles is 1. The Labute approximate surface area is 196 Å². The van der Waals surface area contributed by atoms with E-state index in [2.05, 4.69) is 26.6 Å². The maximum atomic E-state index is 13.0. The van der Waals surface area contributed by atoms with Crippen LogP contribution in [0.4, 0.5) is 20.2 Å². The number of hydrogen-bond donors (Lipinski definition) is 2. The van der Waals surface area contributed by atoms with Crippen molar-refractivity contribution in [2.75, 3.05) is 17.2 Å². The Morgan fingerprint density at radius 3 is 2.09 bits per heavy atom. The summed E-state index contributed by atoms with van der Waals surface area (Å²) in [5, 5.41) is 14.5. The lowest BCUT2D eigenvalue weighted by molar-refractivity contribution is -0.118. The number of amides is 2. The number of hydrogen-bond acceptors (Lipinski definition) is 4. The van der Waals surface area contributed by atoms with E-state index in [0.29, 0.717) is 21.4 Å². The normalized spacial score (nSPS) is 10.8. The molecule has 0 fully saturated rings. The highest BCUT2D eigenvalue weighted by Crippen LogP contribution is 2.26. The van der Waals surface area contributed by atoms with E-state index >= 15 is 0 Å². The number of rotatable bonds is 7. The maximum Gasteiger partial charge on any atom is 0.266 e.